The van der Waals surface area contributed by atoms with Crippen LogP contribution in [0.4, 0.5) is 5.82 Å². The maximum Gasteiger partial charge on any atom is 0.335 e. The minimum atomic E-state index is -1.27. The molecular formula is C19H12ClN5O4. The Balaban J connectivity index is 1.82. The molecule has 29 heavy (non-hydrogen) atoms. The van der Waals surface area contributed by atoms with Gasteiger partial charge in [-0.25, -0.2) is 14.5 Å². The minimum Gasteiger partial charge on any atom is -0.478 e. The predicted octanol–water partition coefficient (Wildman–Crippen LogP) is 2.17. The molecule has 2 N–H and O–H groups in total. The quantitative estimate of drug-likeness (QED) is 0.658. The van der Waals surface area contributed by atoms with Crippen molar-refractivity contribution < 1.29 is 14.7 Å². The Hall–Kier alpha value is -4.03. The topological polar surface area (TPSA) is 138 Å². The first kappa shape index (κ1) is 19.7. The van der Waals surface area contributed by atoms with E-state index >= 15 is 0 Å². The summed E-state index contributed by atoms with van der Waals surface area (Å²) in [4.78, 5) is 39.3. The van der Waals surface area contributed by atoms with E-state index in [4.69, 9.17) is 22.0 Å². The zero-order valence-electron chi connectivity index (χ0n) is 14.7. The van der Waals surface area contributed by atoms with E-state index < -0.39 is 24.0 Å². The molecule has 1 aromatic carbocycles. The first-order chi connectivity index (χ1) is 13.9. The van der Waals surface area contributed by atoms with Gasteiger partial charge in [-0.15, -0.1) is 0 Å². The standard InChI is InChI=1S/C19H12ClN5O4/c20-13-3-1-11(2-4-13)15-5-6-18(27)25(24-15)10-17(26)23-16-8-12(19(28)29)7-14(9-21)22-16/h1-8H,10H2,(H,28,29)(H,22,23,26). The number of pyridine rings is 1. The summed E-state index contributed by atoms with van der Waals surface area (Å²) in [6.45, 7) is -0.429. The number of benzene rings is 1. The number of carboxylic acid groups (broad SMARTS) is 1. The Kier molecular flexibility index (Phi) is 5.66. The Labute approximate surface area is 168 Å². The lowest BCUT2D eigenvalue weighted by molar-refractivity contribution is -0.117. The molecule has 0 saturated heterocycles. The van der Waals surface area contributed by atoms with Crippen LogP contribution in [0.2, 0.25) is 5.02 Å². The molecule has 0 aliphatic rings. The maximum atomic E-state index is 12.3. The predicted molar refractivity (Wildman–Crippen MR) is 103 cm³/mol. The van der Waals surface area contributed by atoms with Crippen LogP contribution in [-0.2, 0) is 11.3 Å². The van der Waals surface area contributed by atoms with Gasteiger partial charge in [0.2, 0.25) is 5.91 Å². The van der Waals surface area contributed by atoms with Gasteiger partial charge in [0, 0.05) is 16.7 Å². The molecule has 0 aliphatic heterocycles. The van der Waals surface area contributed by atoms with Crippen LogP contribution in [0.3, 0.4) is 0 Å². The summed E-state index contributed by atoms with van der Waals surface area (Å²) in [5.74, 6) is -2.05. The third-order valence-electron chi connectivity index (χ3n) is 3.75. The van der Waals surface area contributed by atoms with Crippen molar-refractivity contribution in [3.8, 4) is 17.3 Å². The lowest BCUT2D eigenvalue weighted by atomic mass is 10.1. The number of halogens is 1. The molecule has 0 bridgehead atoms. The lowest BCUT2D eigenvalue weighted by Crippen LogP contribution is -2.29. The second-order valence-electron chi connectivity index (χ2n) is 5.81. The van der Waals surface area contributed by atoms with Crippen molar-refractivity contribution in [1.82, 2.24) is 14.8 Å². The highest BCUT2D eigenvalue weighted by molar-refractivity contribution is 6.30. The normalized spacial score (nSPS) is 10.2. The molecule has 0 fully saturated rings. The van der Waals surface area contributed by atoms with Gasteiger partial charge in [0.05, 0.1) is 11.3 Å². The summed E-state index contributed by atoms with van der Waals surface area (Å²) >= 11 is 5.86. The van der Waals surface area contributed by atoms with Gasteiger partial charge in [0.25, 0.3) is 5.56 Å². The molecule has 0 spiro atoms. The smallest absolute Gasteiger partial charge is 0.335 e. The summed E-state index contributed by atoms with van der Waals surface area (Å²) in [5.41, 5.74) is 0.305. The molecule has 0 atom stereocenters. The Morgan fingerprint density at radius 2 is 1.90 bits per heavy atom. The van der Waals surface area contributed by atoms with Crippen LogP contribution in [0.1, 0.15) is 16.1 Å². The minimum absolute atomic E-state index is 0.117. The molecule has 9 nitrogen and oxygen atoms in total. The van der Waals surface area contributed by atoms with Crippen molar-refractivity contribution in [2.75, 3.05) is 5.32 Å². The number of nitriles is 1. The van der Waals surface area contributed by atoms with E-state index in [0.717, 1.165) is 16.8 Å². The third kappa shape index (κ3) is 4.82. The van der Waals surface area contributed by atoms with Crippen molar-refractivity contribution >= 4 is 29.3 Å². The Morgan fingerprint density at radius 3 is 2.55 bits per heavy atom. The number of nitrogens with one attached hydrogen (secondary N) is 1. The average molecular weight is 410 g/mol. The monoisotopic (exact) mass is 409 g/mol. The highest BCUT2D eigenvalue weighted by Gasteiger charge is 2.12. The number of hydrogen-bond donors (Lipinski definition) is 2. The zero-order chi connectivity index (χ0) is 21.0. The molecule has 0 aliphatic carbocycles. The molecule has 0 radical (unpaired) electrons. The van der Waals surface area contributed by atoms with Gasteiger partial charge in [-0.3, -0.25) is 9.59 Å². The number of anilines is 1. The number of carbonyl (C=O) groups excluding carboxylic acids is 1. The van der Waals surface area contributed by atoms with E-state index in [2.05, 4.69) is 15.4 Å². The molecule has 0 unspecified atom stereocenters. The zero-order valence-corrected chi connectivity index (χ0v) is 15.4. The van der Waals surface area contributed by atoms with Crippen molar-refractivity contribution in [2.45, 2.75) is 6.54 Å². The second kappa shape index (κ2) is 8.33. The first-order valence-electron chi connectivity index (χ1n) is 8.15. The SMILES string of the molecule is N#Cc1cc(C(=O)O)cc(NC(=O)Cn2nc(-c3ccc(Cl)cc3)ccc2=O)n1. The van der Waals surface area contributed by atoms with Crippen LogP contribution >= 0.6 is 11.6 Å². The maximum absolute atomic E-state index is 12.3. The number of carboxylic acids is 1. The molecule has 3 aromatic rings. The van der Waals surface area contributed by atoms with Gasteiger partial charge >= 0.3 is 5.97 Å². The van der Waals surface area contributed by atoms with Gasteiger partial charge in [0.15, 0.2) is 0 Å². The fraction of sp³-hybridized carbons (Fsp3) is 0.0526. The third-order valence-corrected chi connectivity index (χ3v) is 4.01. The average Bonchev–Trinajstić information content (AvgIpc) is 2.70. The summed E-state index contributed by atoms with van der Waals surface area (Å²) in [5, 5.41) is 25.1. The number of nitrogens with zero attached hydrogens (tertiary/aromatic N) is 4. The van der Waals surface area contributed by atoms with Crippen LogP contribution in [0.15, 0.2) is 53.3 Å². The number of carbonyl (C=O) groups is 2. The van der Waals surface area contributed by atoms with Crippen LogP contribution < -0.4 is 10.9 Å². The van der Waals surface area contributed by atoms with E-state index in [1.807, 2.05) is 0 Å². The van der Waals surface area contributed by atoms with E-state index in [0.29, 0.717) is 16.3 Å². The highest BCUT2D eigenvalue weighted by Crippen LogP contribution is 2.18. The van der Waals surface area contributed by atoms with Gasteiger partial charge in [-0.05, 0) is 30.3 Å². The molecular weight excluding hydrogens is 398 g/mol. The van der Waals surface area contributed by atoms with Crippen molar-refractivity contribution in [1.29, 1.82) is 5.26 Å². The van der Waals surface area contributed by atoms with Gasteiger partial charge < -0.3 is 10.4 Å². The van der Waals surface area contributed by atoms with E-state index in [1.165, 1.54) is 12.1 Å². The highest BCUT2D eigenvalue weighted by atomic mass is 35.5. The number of aromatic carboxylic acids is 1. The fourth-order valence-corrected chi connectivity index (χ4v) is 2.56. The molecule has 2 aromatic heterocycles. The summed E-state index contributed by atoms with van der Waals surface area (Å²) in [6, 6.07) is 13.5. The van der Waals surface area contributed by atoms with E-state index in [9.17, 15) is 14.4 Å². The largest absolute Gasteiger partial charge is 0.478 e. The van der Waals surface area contributed by atoms with Crippen molar-refractivity contribution in [3.63, 3.8) is 0 Å². The Morgan fingerprint density at radius 1 is 1.17 bits per heavy atom. The van der Waals surface area contributed by atoms with E-state index in [-0.39, 0.29) is 17.1 Å². The van der Waals surface area contributed by atoms with Gasteiger partial charge in [-0.1, -0.05) is 23.7 Å². The summed E-state index contributed by atoms with van der Waals surface area (Å²) in [7, 11) is 0. The van der Waals surface area contributed by atoms with Gasteiger partial charge in [-0.2, -0.15) is 10.4 Å². The van der Waals surface area contributed by atoms with Crippen LogP contribution in [0.5, 0.6) is 0 Å². The molecule has 3 rings (SSSR count). The van der Waals surface area contributed by atoms with Crippen molar-refractivity contribution in [3.05, 3.63) is 75.2 Å². The number of amides is 1. The van der Waals surface area contributed by atoms with Crippen LogP contribution in [-0.4, -0.2) is 31.7 Å². The molecule has 0 saturated carbocycles. The lowest BCUT2D eigenvalue weighted by Gasteiger charge is -2.09. The summed E-state index contributed by atoms with van der Waals surface area (Å²) in [6.07, 6.45) is 0. The molecule has 10 heteroatoms. The number of aromatic nitrogens is 3. The fourth-order valence-electron chi connectivity index (χ4n) is 2.43. The van der Waals surface area contributed by atoms with Crippen LogP contribution in [0.25, 0.3) is 11.3 Å². The summed E-state index contributed by atoms with van der Waals surface area (Å²) < 4.78 is 0.964. The molecule has 144 valence electrons. The number of rotatable bonds is 5. The van der Waals surface area contributed by atoms with Crippen molar-refractivity contribution in [2.24, 2.45) is 0 Å². The Bertz CT molecular complexity index is 1200. The van der Waals surface area contributed by atoms with Gasteiger partial charge in [0.1, 0.15) is 24.1 Å². The second-order valence-corrected chi connectivity index (χ2v) is 6.25. The number of hydrogen-bond acceptors (Lipinski definition) is 6. The van der Waals surface area contributed by atoms with E-state index in [1.54, 1.807) is 30.3 Å². The molecule has 2 heterocycles. The van der Waals surface area contributed by atoms with Crippen LogP contribution in [0, 0.1) is 11.3 Å². The molecule has 1 amide bonds. The first-order valence-corrected chi connectivity index (χ1v) is 8.53.